The zero-order valence-electron chi connectivity index (χ0n) is 13.3. The van der Waals surface area contributed by atoms with Crippen molar-refractivity contribution in [1.29, 1.82) is 0 Å². The van der Waals surface area contributed by atoms with Crippen molar-refractivity contribution < 1.29 is 4.52 Å². The summed E-state index contributed by atoms with van der Waals surface area (Å²) >= 11 is 0. The van der Waals surface area contributed by atoms with E-state index >= 15 is 0 Å². The smallest absolute Gasteiger partial charge is 0.231 e. The maximum absolute atomic E-state index is 5.46. The molecule has 19 heavy (non-hydrogen) atoms. The summed E-state index contributed by atoms with van der Waals surface area (Å²) in [6.45, 7) is 14.1. The van der Waals surface area contributed by atoms with Crippen molar-refractivity contribution in [2.24, 2.45) is 5.41 Å². The zero-order chi connectivity index (χ0) is 14.5. The van der Waals surface area contributed by atoms with E-state index in [1.165, 1.54) is 0 Å². The van der Waals surface area contributed by atoms with Crippen LogP contribution in [0.1, 0.15) is 72.0 Å². The Morgan fingerprint density at radius 3 is 2.47 bits per heavy atom. The molecule has 1 N–H and O–H groups in total. The summed E-state index contributed by atoms with van der Waals surface area (Å²) in [5, 5.41) is 7.63. The summed E-state index contributed by atoms with van der Waals surface area (Å²) in [5.74, 6) is 1.90. The maximum Gasteiger partial charge on any atom is 0.231 e. The third-order valence-electron chi connectivity index (χ3n) is 3.25. The molecule has 1 heterocycles. The van der Waals surface area contributed by atoms with Crippen LogP contribution in [0.2, 0.25) is 0 Å². The normalized spacial score (nSPS) is 15.5. The van der Waals surface area contributed by atoms with Crippen molar-refractivity contribution in [3.63, 3.8) is 0 Å². The van der Waals surface area contributed by atoms with Crippen LogP contribution in [0.25, 0.3) is 0 Å². The summed E-state index contributed by atoms with van der Waals surface area (Å²) in [6, 6.07) is 0.368. The van der Waals surface area contributed by atoms with Crippen LogP contribution in [-0.4, -0.2) is 22.7 Å². The molecule has 0 saturated carbocycles. The Labute approximate surface area is 117 Å². The molecule has 0 aliphatic carbocycles. The molecule has 4 nitrogen and oxygen atoms in total. The average molecular weight is 267 g/mol. The minimum Gasteiger partial charge on any atom is -0.339 e. The fourth-order valence-electron chi connectivity index (χ4n) is 2.22. The third kappa shape index (κ3) is 5.31. The minimum atomic E-state index is 0.189. The molecule has 110 valence electrons. The monoisotopic (exact) mass is 267 g/mol. The van der Waals surface area contributed by atoms with E-state index in [0.717, 1.165) is 37.5 Å². The van der Waals surface area contributed by atoms with Gasteiger partial charge in [-0.25, -0.2) is 0 Å². The van der Waals surface area contributed by atoms with Gasteiger partial charge in [-0.3, -0.25) is 0 Å². The molecule has 0 bridgehead atoms. The second kappa shape index (κ2) is 7.04. The van der Waals surface area contributed by atoms with Gasteiger partial charge in [0.2, 0.25) is 5.89 Å². The molecule has 1 aromatic rings. The highest BCUT2D eigenvalue weighted by Crippen LogP contribution is 2.24. The van der Waals surface area contributed by atoms with Gasteiger partial charge in [0.25, 0.3) is 0 Å². The van der Waals surface area contributed by atoms with Gasteiger partial charge in [-0.15, -0.1) is 0 Å². The number of hydrogen-bond donors (Lipinski definition) is 1. The summed E-state index contributed by atoms with van der Waals surface area (Å²) < 4.78 is 5.46. The first-order valence-corrected chi connectivity index (χ1v) is 7.43. The van der Waals surface area contributed by atoms with Crippen LogP contribution >= 0.6 is 0 Å². The largest absolute Gasteiger partial charge is 0.339 e. The molecule has 4 heteroatoms. The van der Waals surface area contributed by atoms with Crippen molar-refractivity contribution >= 4 is 0 Å². The fraction of sp³-hybridized carbons (Fsp3) is 0.867. The van der Waals surface area contributed by atoms with E-state index < -0.39 is 0 Å². The highest BCUT2D eigenvalue weighted by atomic mass is 16.5. The Balaban J connectivity index is 2.71. The van der Waals surface area contributed by atoms with Gasteiger partial charge in [-0.2, -0.15) is 4.98 Å². The van der Waals surface area contributed by atoms with Gasteiger partial charge in [-0.1, -0.05) is 39.8 Å². The molecular formula is C15H29N3O. The van der Waals surface area contributed by atoms with E-state index in [4.69, 9.17) is 4.52 Å². The number of rotatable bonds is 7. The lowest BCUT2D eigenvalue weighted by Crippen LogP contribution is -2.32. The van der Waals surface area contributed by atoms with Crippen LogP contribution in [0.3, 0.4) is 0 Å². The molecule has 0 radical (unpaired) electrons. The van der Waals surface area contributed by atoms with E-state index in [-0.39, 0.29) is 5.41 Å². The molecule has 0 fully saturated rings. The molecule has 2 unspecified atom stereocenters. The van der Waals surface area contributed by atoms with Crippen LogP contribution in [0.15, 0.2) is 4.52 Å². The summed E-state index contributed by atoms with van der Waals surface area (Å²) in [4.78, 5) is 4.58. The van der Waals surface area contributed by atoms with E-state index in [0.29, 0.717) is 12.0 Å². The molecule has 0 aromatic carbocycles. The van der Waals surface area contributed by atoms with Crippen molar-refractivity contribution in [2.75, 3.05) is 6.54 Å². The molecule has 0 aliphatic heterocycles. The van der Waals surface area contributed by atoms with Gasteiger partial charge in [0.15, 0.2) is 5.82 Å². The molecule has 0 saturated heterocycles. The van der Waals surface area contributed by atoms with Gasteiger partial charge in [-0.05, 0) is 31.7 Å². The molecule has 0 aliphatic rings. The first-order valence-electron chi connectivity index (χ1n) is 7.43. The molecular weight excluding hydrogens is 238 g/mol. The van der Waals surface area contributed by atoms with Gasteiger partial charge in [0.05, 0.1) is 5.92 Å². The molecule has 2 atom stereocenters. The van der Waals surface area contributed by atoms with Crippen LogP contribution in [0, 0.1) is 5.41 Å². The second-order valence-corrected chi connectivity index (χ2v) is 6.54. The first-order chi connectivity index (χ1) is 8.87. The lowest BCUT2D eigenvalue weighted by Gasteiger charge is -2.20. The van der Waals surface area contributed by atoms with Crippen LogP contribution in [0.5, 0.6) is 0 Å². The predicted molar refractivity (Wildman–Crippen MR) is 78.2 cm³/mol. The summed E-state index contributed by atoms with van der Waals surface area (Å²) in [5.41, 5.74) is 0.189. The first kappa shape index (κ1) is 16.2. The van der Waals surface area contributed by atoms with Gasteiger partial charge < -0.3 is 9.84 Å². The van der Waals surface area contributed by atoms with Crippen LogP contribution in [-0.2, 0) is 6.42 Å². The third-order valence-corrected chi connectivity index (χ3v) is 3.25. The Morgan fingerprint density at radius 2 is 1.95 bits per heavy atom. The van der Waals surface area contributed by atoms with E-state index in [1.54, 1.807) is 0 Å². The minimum absolute atomic E-state index is 0.189. The van der Waals surface area contributed by atoms with Crippen molar-refractivity contribution in [3.8, 4) is 0 Å². The van der Waals surface area contributed by atoms with Crippen LogP contribution < -0.4 is 5.32 Å². The Morgan fingerprint density at radius 1 is 1.26 bits per heavy atom. The number of aromatic nitrogens is 2. The Bertz CT molecular complexity index is 368. The van der Waals surface area contributed by atoms with E-state index in [1.807, 2.05) is 0 Å². The number of nitrogens with one attached hydrogen (secondary N) is 1. The summed E-state index contributed by atoms with van der Waals surface area (Å²) in [7, 11) is 0. The number of nitrogens with zero attached hydrogens (tertiary/aromatic N) is 2. The Kier molecular flexibility index (Phi) is 5.98. The van der Waals surface area contributed by atoms with Gasteiger partial charge in [0, 0.05) is 12.5 Å². The lowest BCUT2D eigenvalue weighted by atomic mass is 9.92. The lowest BCUT2D eigenvalue weighted by molar-refractivity contribution is 0.310. The van der Waals surface area contributed by atoms with E-state index in [2.05, 4.69) is 57.0 Å². The molecule has 1 rings (SSSR count). The summed E-state index contributed by atoms with van der Waals surface area (Å²) in [6.07, 6.45) is 3.00. The van der Waals surface area contributed by atoms with Crippen molar-refractivity contribution in [1.82, 2.24) is 15.5 Å². The van der Waals surface area contributed by atoms with Gasteiger partial charge >= 0.3 is 0 Å². The molecule has 0 spiro atoms. The highest BCUT2D eigenvalue weighted by molar-refractivity contribution is 4.99. The Hall–Kier alpha value is -0.900. The SMILES string of the molecule is CCCNC(C)C(CC)c1nc(CC(C)(C)C)no1. The van der Waals surface area contributed by atoms with Gasteiger partial charge in [0.1, 0.15) is 0 Å². The molecule has 1 aromatic heterocycles. The second-order valence-electron chi connectivity index (χ2n) is 6.54. The van der Waals surface area contributed by atoms with Crippen molar-refractivity contribution in [3.05, 3.63) is 11.7 Å². The fourth-order valence-corrected chi connectivity index (χ4v) is 2.22. The average Bonchev–Trinajstić information content (AvgIpc) is 2.73. The number of hydrogen-bond acceptors (Lipinski definition) is 4. The maximum atomic E-state index is 5.46. The van der Waals surface area contributed by atoms with Crippen LogP contribution in [0.4, 0.5) is 0 Å². The van der Waals surface area contributed by atoms with Crippen molar-refractivity contribution in [2.45, 2.75) is 72.8 Å². The van der Waals surface area contributed by atoms with E-state index in [9.17, 15) is 0 Å². The quantitative estimate of drug-likeness (QED) is 0.821. The topological polar surface area (TPSA) is 51.0 Å². The molecule has 0 amide bonds. The standard InChI is InChI=1S/C15H29N3O/c1-7-9-16-11(3)12(8-2)14-17-13(18-19-14)10-15(4,5)6/h11-12,16H,7-10H2,1-6H3. The predicted octanol–water partition coefficient (Wildman–Crippen LogP) is 3.54. The zero-order valence-corrected chi connectivity index (χ0v) is 13.3. The highest BCUT2D eigenvalue weighted by Gasteiger charge is 2.24.